The van der Waals surface area contributed by atoms with Crippen LogP contribution in [0.5, 0.6) is 5.75 Å². The Hall–Kier alpha value is -2.87. The van der Waals surface area contributed by atoms with Gasteiger partial charge in [0.15, 0.2) is 0 Å². The van der Waals surface area contributed by atoms with E-state index in [-0.39, 0.29) is 24.8 Å². The van der Waals surface area contributed by atoms with Crippen LogP contribution >= 0.6 is 0 Å². The summed E-state index contributed by atoms with van der Waals surface area (Å²) < 4.78 is 66.9. The molecule has 2 fully saturated rings. The Morgan fingerprint density at radius 2 is 1.89 bits per heavy atom. The minimum Gasteiger partial charge on any atom is -0.433 e. The van der Waals surface area contributed by atoms with Gasteiger partial charge in [-0.15, -0.1) is 0 Å². The molecule has 2 aliphatic heterocycles. The highest BCUT2D eigenvalue weighted by Crippen LogP contribution is 2.39. The first-order chi connectivity index (χ1) is 16.7. The van der Waals surface area contributed by atoms with E-state index < -0.39 is 16.8 Å². The predicted molar refractivity (Wildman–Crippen MR) is 125 cm³/mol. The number of nitrogens with zero attached hydrogens (tertiary/aromatic N) is 6. The van der Waals surface area contributed by atoms with Crippen molar-refractivity contribution in [2.75, 3.05) is 51.3 Å². The summed E-state index contributed by atoms with van der Waals surface area (Å²) in [6.45, 7) is -1.04. The maximum absolute atomic E-state index is 13.3. The Bertz CT molecular complexity index is 1320. The van der Waals surface area contributed by atoms with Crippen LogP contribution in [0.15, 0.2) is 36.8 Å². The largest absolute Gasteiger partial charge is 0.433 e. The molecule has 0 aliphatic carbocycles. The first-order valence-corrected chi connectivity index (χ1v) is 12.6. The number of ether oxygens (including phenoxy) is 2. The predicted octanol–water partition coefficient (Wildman–Crippen LogP) is 2.31. The molecule has 13 heteroatoms. The number of anilines is 2. The van der Waals surface area contributed by atoms with E-state index in [4.69, 9.17) is 9.47 Å². The minimum atomic E-state index is -3.56. The van der Waals surface area contributed by atoms with E-state index in [2.05, 4.69) is 9.97 Å². The van der Waals surface area contributed by atoms with E-state index >= 15 is 0 Å². The molecule has 0 atom stereocenters. The lowest BCUT2D eigenvalue weighted by atomic mass is 9.93. The molecule has 188 valence electrons. The van der Waals surface area contributed by atoms with Crippen molar-refractivity contribution in [2.45, 2.75) is 12.5 Å². The molecule has 0 bridgehead atoms. The second-order valence-electron chi connectivity index (χ2n) is 8.58. The zero-order valence-corrected chi connectivity index (χ0v) is 20.2. The molecule has 3 aromatic rings. The number of hydrogen-bond acceptors (Lipinski definition) is 7. The van der Waals surface area contributed by atoms with Gasteiger partial charge in [0.2, 0.25) is 0 Å². The van der Waals surface area contributed by atoms with Gasteiger partial charge in [0.05, 0.1) is 36.9 Å². The fraction of sp³-hybridized carbons (Fsp3) is 0.455. The van der Waals surface area contributed by atoms with Gasteiger partial charge in [-0.25, -0.2) is 9.97 Å². The highest BCUT2D eigenvalue weighted by atomic mass is 32.2. The van der Waals surface area contributed by atoms with Gasteiger partial charge in [-0.3, -0.25) is 0 Å². The van der Waals surface area contributed by atoms with Crippen LogP contribution in [0, 0.1) is 0 Å². The van der Waals surface area contributed by atoms with Crippen molar-refractivity contribution in [3.63, 3.8) is 0 Å². The van der Waals surface area contributed by atoms with Gasteiger partial charge in [-0.1, -0.05) is 6.07 Å². The number of benzene rings is 1. The van der Waals surface area contributed by atoms with Crippen molar-refractivity contribution in [3.8, 4) is 5.75 Å². The van der Waals surface area contributed by atoms with Crippen molar-refractivity contribution < 1.29 is 26.7 Å². The maximum atomic E-state index is 13.3. The zero-order valence-electron chi connectivity index (χ0n) is 19.3. The van der Waals surface area contributed by atoms with Crippen LogP contribution in [0.3, 0.4) is 0 Å². The molecule has 0 radical (unpaired) electrons. The average molecular weight is 509 g/mol. The van der Waals surface area contributed by atoms with Crippen molar-refractivity contribution in [1.82, 2.24) is 23.1 Å². The first-order valence-electron chi connectivity index (χ1n) is 11.2. The molecule has 0 N–H and O–H groups in total. The standard InChI is InChI=1S/C22H26F2N6O4S/c1-27-14-26-17-11-25-21(10-19(17)27)28(2)18-4-3-15(9-20(18)34-22(23)24)16-12-30(13-16)35(31,32)29-5-7-33-8-6-29/h3-4,9-11,14,16,22H,5-8,12-13H2,1-2H3. The number of aromatic nitrogens is 3. The van der Waals surface area contributed by atoms with Gasteiger partial charge in [-0.05, 0) is 17.7 Å². The van der Waals surface area contributed by atoms with Gasteiger partial charge in [0, 0.05) is 52.3 Å². The van der Waals surface area contributed by atoms with Crippen molar-refractivity contribution in [3.05, 3.63) is 42.4 Å². The summed E-state index contributed by atoms with van der Waals surface area (Å²) in [6, 6.07) is 6.89. The number of halogens is 2. The molecular formula is C22H26F2N6O4S. The molecule has 0 unspecified atom stereocenters. The first kappa shape index (κ1) is 23.9. The van der Waals surface area contributed by atoms with E-state index in [1.54, 1.807) is 36.6 Å². The van der Waals surface area contributed by atoms with Gasteiger partial charge >= 0.3 is 6.61 Å². The number of pyridine rings is 1. The Labute approximate surface area is 201 Å². The third kappa shape index (κ3) is 4.56. The highest BCUT2D eigenvalue weighted by molar-refractivity contribution is 7.86. The van der Waals surface area contributed by atoms with Gasteiger partial charge < -0.3 is 18.9 Å². The number of aryl methyl sites for hydroxylation is 1. The Morgan fingerprint density at radius 3 is 2.60 bits per heavy atom. The fourth-order valence-corrected chi connectivity index (χ4v) is 6.03. The molecule has 10 nitrogen and oxygen atoms in total. The number of rotatable bonds is 7. The van der Waals surface area contributed by atoms with Gasteiger partial charge in [-0.2, -0.15) is 25.8 Å². The maximum Gasteiger partial charge on any atom is 0.387 e. The minimum absolute atomic E-state index is 0.00129. The molecular weight excluding hydrogens is 482 g/mol. The third-order valence-electron chi connectivity index (χ3n) is 6.44. The van der Waals surface area contributed by atoms with E-state index in [9.17, 15) is 17.2 Å². The van der Waals surface area contributed by atoms with Crippen LogP contribution in [0.1, 0.15) is 11.5 Å². The van der Waals surface area contributed by atoms with E-state index in [1.165, 1.54) is 8.61 Å². The average Bonchev–Trinajstić information content (AvgIpc) is 3.18. The number of morpholine rings is 1. The second kappa shape index (κ2) is 9.30. The molecule has 2 saturated heterocycles. The summed E-state index contributed by atoms with van der Waals surface area (Å²) in [6.07, 6.45) is 3.30. The van der Waals surface area contributed by atoms with Gasteiger partial charge in [0.1, 0.15) is 17.1 Å². The zero-order chi connectivity index (χ0) is 24.7. The number of hydrogen-bond donors (Lipinski definition) is 0. The van der Waals surface area contributed by atoms with Gasteiger partial charge in [0.25, 0.3) is 10.2 Å². The monoisotopic (exact) mass is 508 g/mol. The lowest BCUT2D eigenvalue weighted by molar-refractivity contribution is -0.0495. The van der Waals surface area contributed by atoms with Crippen LogP contribution in [-0.2, 0) is 22.0 Å². The fourth-order valence-electron chi connectivity index (χ4n) is 4.36. The summed E-state index contributed by atoms with van der Waals surface area (Å²) in [7, 11) is 0.0238. The van der Waals surface area contributed by atoms with Crippen LogP contribution in [0.2, 0.25) is 0 Å². The quantitative estimate of drug-likeness (QED) is 0.484. The molecule has 1 aromatic carbocycles. The van der Waals surface area contributed by atoms with E-state index in [0.29, 0.717) is 37.8 Å². The Balaban J connectivity index is 1.37. The number of alkyl halides is 2. The number of fused-ring (bicyclic) bond motifs is 1. The number of imidazole rings is 1. The van der Waals surface area contributed by atoms with E-state index in [1.807, 2.05) is 23.7 Å². The molecule has 2 aliphatic rings. The topological polar surface area (TPSA) is 93.0 Å². The molecule has 0 spiro atoms. The summed E-state index contributed by atoms with van der Waals surface area (Å²) in [5.41, 5.74) is 2.73. The third-order valence-corrected chi connectivity index (χ3v) is 8.41. The normalized spacial score (nSPS) is 18.2. The molecule has 2 aromatic heterocycles. The smallest absolute Gasteiger partial charge is 0.387 e. The van der Waals surface area contributed by atoms with Crippen LogP contribution in [-0.4, -0.2) is 84.6 Å². The van der Waals surface area contributed by atoms with Crippen LogP contribution < -0.4 is 9.64 Å². The van der Waals surface area contributed by atoms with Crippen molar-refractivity contribution in [1.29, 1.82) is 0 Å². The molecule has 0 amide bonds. The molecule has 4 heterocycles. The lowest BCUT2D eigenvalue weighted by Gasteiger charge is -2.42. The highest BCUT2D eigenvalue weighted by Gasteiger charge is 2.40. The summed E-state index contributed by atoms with van der Waals surface area (Å²) in [5.74, 6) is 0.426. The second-order valence-corrected chi connectivity index (χ2v) is 10.5. The Morgan fingerprint density at radius 1 is 1.14 bits per heavy atom. The van der Waals surface area contributed by atoms with E-state index in [0.717, 1.165) is 16.6 Å². The van der Waals surface area contributed by atoms with Crippen LogP contribution in [0.4, 0.5) is 20.3 Å². The summed E-state index contributed by atoms with van der Waals surface area (Å²) in [5, 5.41) is 0. The van der Waals surface area contributed by atoms with Crippen LogP contribution in [0.25, 0.3) is 11.0 Å². The molecule has 5 rings (SSSR count). The SMILES string of the molecule is CN(c1cc2c(cn1)ncn2C)c1ccc(C2CN(S(=O)(=O)N3CCOCC3)C2)cc1OC(F)F. The summed E-state index contributed by atoms with van der Waals surface area (Å²) >= 11 is 0. The van der Waals surface area contributed by atoms with Crippen molar-refractivity contribution in [2.24, 2.45) is 7.05 Å². The molecule has 0 saturated carbocycles. The molecule has 35 heavy (non-hydrogen) atoms. The Kier molecular flexibility index (Phi) is 6.34. The lowest BCUT2D eigenvalue weighted by Crippen LogP contribution is -2.56. The summed E-state index contributed by atoms with van der Waals surface area (Å²) in [4.78, 5) is 10.3. The van der Waals surface area contributed by atoms with Crippen molar-refractivity contribution >= 4 is 32.7 Å².